The quantitative estimate of drug-likeness (QED) is 0.895. The second-order valence-corrected chi connectivity index (χ2v) is 6.34. The van der Waals surface area contributed by atoms with Gasteiger partial charge in [-0.05, 0) is 30.2 Å². The van der Waals surface area contributed by atoms with Crippen LogP contribution in [0.25, 0.3) is 0 Å². The van der Waals surface area contributed by atoms with Crippen LogP contribution < -0.4 is 10.6 Å². The normalized spacial score (nSPS) is 16.6. The molecule has 2 amide bonds. The van der Waals surface area contributed by atoms with Crippen molar-refractivity contribution in [3.8, 4) is 0 Å². The number of hydrogen-bond acceptors (Lipinski definition) is 5. The van der Waals surface area contributed by atoms with Gasteiger partial charge in [0.25, 0.3) is 0 Å². The molecule has 1 atom stereocenters. The highest BCUT2D eigenvalue weighted by molar-refractivity contribution is 7.11. The summed E-state index contributed by atoms with van der Waals surface area (Å²) >= 11 is 1.43. The minimum atomic E-state index is -0.701. The van der Waals surface area contributed by atoms with Gasteiger partial charge in [-0.15, -0.1) is 10.2 Å². The summed E-state index contributed by atoms with van der Waals surface area (Å²) in [6.07, 6.45) is 0.791. The Morgan fingerprint density at radius 2 is 2.22 bits per heavy atom. The molecule has 0 saturated heterocycles. The van der Waals surface area contributed by atoms with Crippen molar-refractivity contribution in [2.24, 2.45) is 0 Å². The zero-order valence-electron chi connectivity index (χ0n) is 12.4. The monoisotopic (exact) mass is 334 g/mol. The molecule has 1 unspecified atom stereocenters. The number of carbonyl (C=O) groups excluding carboxylic acids is 2. The van der Waals surface area contributed by atoms with Crippen LogP contribution in [0.15, 0.2) is 18.2 Å². The molecular weight excluding hydrogens is 319 g/mol. The molecule has 2 N–H and O–H groups in total. The Labute approximate surface area is 136 Å². The summed E-state index contributed by atoms with van der Waals surface area (Å²) in [5.74, 6) is -1.71. The number of amides is 2. The molecule has 0 spiro atoms. The molecule has 8 heteroatoms. The summed E-state index contributed by atoms with van der Waals surface area (Å²) in [7, 11) is 0. The third-order valence-corrected chi connectivity index (χ3v) is 4.66. The van der Waals surface area contributed by atoms with Gasteiger partial charge in [-0.3, -0.25) is 9.59 Å². The Bertz CT molecular complexity index is 762. The van der Waals surface area contributed by atoms with Gasteiger partial charge < -0.3 is 10.6 Å². The van der Waals surface area contributed by atoms with E-state index in [1.807, 2.05) is 6.92 Å². The van der Waals surface area contributed by atoms with E-state index >= 15 is 0 Å². The highest BCUT2D eigenvalue weighted by Crippen LogP contribution is 2.32. The maximum atomic E-state index is 13.5. The van der Waals surface area contributed by atoms with Gasteiger partial charge in [0, 0.05) is 12.1 Å². The molecule has 0 fully saturated rings. The number of nitrogens with one attached hydrogen (secondary N) is 2. The van der Waals surface area contributed by atoms with Crippen molar-refractivity contribution in [3.05, 3.63) is 39.6 Å². The number of halogens is 1. The Kier molecular flexibility index (Phi) is 4.33. The fourth-order valence-electron chi connectivity index (χ4n) is 2.45. The number of aryl methyl sites for hydroxylation is 1. The van der Waals surface area contributed by atoms with E-state index in [4.69, 9.17) is 0 Å². The molecule has 1 aliphatic heterocycles. The molecule has 0 bridgehead atoms. The maximum Gasteiger partial charge on any atom is 0.228 e. The SMILES string of the molecule is CCc1nnc(CNC(=O)C2CC(=O)Nc3ccc(F)cc32)s1. The smallest absolute Gasteiger partial charge is 0.228 e. The molecule has 0 saturated carbocycles. The zero-order valence-corrected chi connectivity index (χ0v) is 13.2. The van der Waals surface area contributed by atoms with Crippen LogP contribution in [0.2, 0.25) is 0 Å². The molecular formula is C15H15FN4O2S. The van der Waals surface area contributed by atoms with Gasteiger partial charge in [-0.2, -0.15) is 0 Å². The largest absolute Gasteiger partial charge is 0.349 e. The van der Waals surface area contributed by atoms with Gasteiger partial charge in [0.1, 0.15) is 15.8 Å². The van der Waals surface area contributed by atoms with Gasteiger partial charge in [0.05, 0.1) is 12.5 Å². The lowest BCUT2D eigenvalue weighted by Crippen LogP contribution is -2.34. The van der Waals surface area contributed by atoms with E-state index in [1.165, 1.54) is 29.5 Å². The molecule has 120 valence electrons. The molecule has 3 rings (SSSR count). The van der Waals surface area contributed by atoms with Crippen LogP contribution in [-0.2, 0) is 22.6 Å². The summed E-state index contributed by atoms with van der Waals surface area (Å²) in [6.45, 7) is 2.23. The highest BCUT2D eigenvalue weighted by atomic mass is 32.1. The predicted molar refractivity (Wildman–Crippen MR) is 83.5 cm³/mol. The first-order valence-corrected chi connectivity index (χ1v) is 8.06. The molecule has 23 heavy (non-hydrogen) atoms. The lowest BCUT2D eigenvalue weighted by molar-refractivity contribution is -0.126. The lowest BCUT2D eigenvalue weighted by atomic mass is 9.89. The molecule has 1 aromatic heterocycles. The molecule has 1 aromatic carbocycles. The van der Waals surface area contributed by atoms with E-state index in [0.717, 1.165) is 11.4 Å². The Hall–Kier alpha value is -2.35. The number of benzene rings is 1. The zero-order chi connectivity index (χ0) is 16.4. The maximum absolute atomic E-state index is 13.5. The summed E-state index contributed by atoms with van der Waals surface area (Å²) in [4.78, 5) is 24.1. The van der Waals surface area contributed by atoms with Crippen molar-refractivity contribution in [1.29, 1.82) is 0 Å². The van der Waals surface area contributed by atoms with Crippen molar-refractivity contribution < 1.29 is 14.0 Å². The van der Waals surface area contributed by atoms with Crippen LogP contribution in [0.4, 0.5) is 10.1 Å². The van der Waals surface area contributed by atoms with E-state index in [-0.39, 0.29) is 24.8 Å². The second-order valence-electron chi connectivity index (χ2n) is 5.20. The number of hydrogen-bond donors (Lipinski definition) is 2. The van der Waals surface area contributed by atoms with Crippen LogP contribution >= 0.6 is 11.3 Å². The van der Waals surface area contributed by atoms with Gasteiger partial charge >= 0.3 is 0 Å². The van der Waals surface area contributed by atoms with Crippen LogP contribution in [0, 0.1) is 5.82 Å². The molecule has 0 aliphatic carbocycles. The second kappa shape index (κ2) is 6.41. The van der Waals surface area contributed by atoms with Crippen molar-refractivity contribution in [3.63, 3.8) is 0 Å². The third kappa shape index (κ3) is 3.37. The number of rotatable bonds is 4. The van der Waals surface area contributed by atoms with E-state index in [1.54, 1.807) is 0 Å². The topological polar surface area (TPSA) is 84.0 Å². The fourth-order valence-corrected chi connectivity index (χ4v) is 3.18. The molecule has 6 nitrogen and oxygen atoms in total. The van der Waals surface area contributed by atoms with Gasteiger partial charge in [-0.1, -0.05) is 18.3 Å². The van der Waals surface area contributed by atoms with Crippen LogP contribution in [-0.4, -0.2) is 22.0 Å². The summed E-state index contributed by atoms with van der Waals surface area (Å²) < 4.78 is 13.5. The van der Waals surface area contributed by atoms with E-state index in [2.05, 4.69) is 20.8 Å². The molecule has 0 radical (unpaired) electrons. The highest BCUT2D eigenvalue weighted by Gasteiger charge is 2.31. The fraction of sp³-hybridized carbons (Fsp3) is 0.333. The van der Waals surface area contributed by atoms with Gasteiger partial charge in [0.2, 0.25) is 11.8 Å². The average molecular weight is 334 g/mol. The first-order chi connectivity index (χ1) is 11.1. The number of fused-ring (bicyclic) bond motifs is 1. The minimum absolute atomic E-state index is 0.00137. The first kappa shape index (κ1) is 15.5. The molecule has 2 aromatic rings. The Morgan fingerprint density at radius 1 is 1.43 bits per heavy atom. The number of anilines is 1. The summed E-state index contributed by atoms with van der Waals surface area (Å²) in [5, 5.41) is 15.0. The number of carbonyl (C=O) groups is 2. The number of aromatic nitrogens is 2. The lowest BCUT2D eigenvalue weighted by Gasteiger charge is -2.24. The predicted octanol–water partition coefficient (Wildman–Crippen LogP) is 1.98. The van der Waals surface area contributed by atoms with Crippen molar-refractivity contribution >= 4 is 28.8 Å². The first-order valence-electron chi connectivity index (χ1n) is 7.25. The van der Waals surface area contributed by atoms with E-state index < -0.39 is 11.7 Å². The van der Waals surface area contributed by atoms with Crippen molar-refractivity contribution in [1.82, 2.24) is 15.5 Å². The Balaban J connectivity index is 1.74. The van der Waals surface area contributed by atoms with Crippen LogP contribution in [0.3, 0.4) is 0 Å². The Morgan fingerprint density at radius 3 is 2.96 bits per heavy atom. The van der Waals surface area contributed by atoms with E-state index in [0.29, 0.717) is 16.3 Å². The van der Waals surface area contributed by atoms with Gasteiger partial charge in [-0.25, -0.2) is 4.39 Å². The van der Waals surface area contributed by atoms with Crippen molar-refractivity contribution in [2.75, 3.05) is 5.32 Å². The van der Waals surface area contributed by atoms with Gasteiger partial charge in [0.15, 0.2) is 0 Å². The molecule has 2 heterocycles. The van der Waals surface area contributed by atoms with Crippen LogP contribution in [0.5, 0.6) is 0 Å². The van der Waals surface area contributed by atoms with Crippen LogP contribution in [0.1, 0.15) is 34.8 Å². The van der Waals surface area contributed by atoms with Crippen molar-refractivity contribution in [2.45, 2.75) is 32.2 Å². The molecule has 1 aliphatic rings. The average Bonchev–Trinajstić information content (AvgIpc) is 3.00. The number of nitrogens with zero attached hydrogens (tertiary/aromatic N) is 2. The van der Waals surface area contributed by atoms with E-state index in [9.17, 15) is 14.0 Å². The standard InChI is InChI=1S/C15H15FN4O2S/c1-2-13-19-20-14(23-13)7-17-15(22)10-6-12(21)18-11-4-3-8(16)5-9(10)11/h3-5,10H,2,6-7H2,1H3,(H,17,22)(H,18,21). The minimum Gasteiger partial charge on any atom is -0.349 e. The summed E-state index contributed by atoms with van der Waals surface area (Å²) in [6, 6.07) is 4.02. The third-order valence-electron chi connectivity index (χ3n) is 3.59. The summed E-state index contributed by atoms with van der Waals surface area (Å²) in [5.41, 5.74) is 0.973.